The largest absolute Gasteiger partial charge is 0.339 e. The minimum absolute atomic E-state index is 0.0294. The second-order valence-electron chi connectivity index (χ2n) is 9.78. The Morgan fingerprint density at radius 2 is 1.39 bits per heavy atom. The fraction of sp³-hybridized carbons (Fsp3) is 0.303. The van der Waals surface area contributed by atoms with E-state index in [4.69, 9.17) is 0 Å². The molecule has 0 aromatic heterocycles. The molecule has 0 aliphatic carbocycles. The zero-order chi connectivity index (χ0) is 26.7. The van der Waals surface area contributed by atoms with Gasteiger partial charge in [-0.25, -0.2) is 4.39 Å². The van der Waals surface area contributed by atoms with Crippen molar-refractivity contribution in [2.45, 2.75) is 33.0 Å². The molecule has 0 radical (unpaired) electrons. The first kappa shape index (κ1) is 27.5. The van der Waals surface area contributed by atoms with Crippen LogP contribution in [0, 0.1) is 5.82 Å². The van der Waals surface area contributed by atoms with E-state index in [9.17, 15) is 9.18 Å². The predicted octanol–water partition coefficient (Wildman–Crippen LogP) is 6.24. The van der Waals surface area contributed by atoms with E-state index >= 15 is 0 Å². The van der Waals surface area contributed by atoms with Crippen molar-refractivity contribution in [1.29, 1.82) is 0 Å². The molecule has 3 aromatic rings. The number of piperazine rings is 1. The summed E-state index contributed by atoms with van der Waals surface area (Å²) in [6.07, 6.45) is 6.28. The lowest BCUT2D eigenvalue weighted by molar-refractivity contribution is -0.134. The standard InChI is InChI=1S/C33H38FN3O/c1-3-11-29(4-2)33(30-16-18-31(34)19-17-30)37-22-20-36(21-23-37)32(38)26-35(24-27-12-7-5-8-13-27)25-28-14-9-6-10-15-28/h3-19,33H,20-26H2,1-2H3. The predicted molar refractivity (Wildman–Crippen MR) is 153 cm³/mol. The molecule has 3 aromatic carbocycles. The summed E-state index contributed by atoms with van der Waals surface area (Å²) in [6, 6.07) is 27.5. The Hall–Kier alpha value is -3.54. The fourth-order valence-electron chi connectivity index (χ4n) is 5.17. The number of carbonyl (C=O) groups excluding carboxylic acids is 1. The van der Waals surface area contributed by atoms with Crippen molar-refractivity contribution in [2.75, 3.05) is 32.7 Å². The summed E-state index contributed by atoms with van der Waals surface area (Å²) in [5.74, 6) is -0.0684. The minimum Gasteiger partial charge on any atom is -0.339 e. The first-order valence-electron chi connectivity index (χ1n) is 13.4. The van der Waals surface area contributed by atoms with Crippen LogP contribution in [0.1, 0.15) is 36.6 Å². The van der Waals surface area contributed by atoms with Gasteiger partial charge in [-0.1, -0.05) is 91.0 Å². The molecule has 1 saturated heterocycles. The van der Waals surface area contributed by atoms with Crippen molar-refractivity contribution >= 4 is 5.91 Å². The summed E-state index contributed by atoms with van der Waals surface area (Å²) < 4.78 is 13.7. The quantitative estimate of drug-likeness (QED) is 0.302. The van der Waals surface area contributed by atoms with Crippen LogP contribution < -0.4 is 0 Å². The lowest BCUT2D eigenvalue weighted by Crippen LogP contribution is -2.52. The number of hydrogen-bond acceptors (Lipinski definition) is 3. The second kappa shape index (κ2) is 13.8. The molecule has 1 aliphatic rings. The highest BCUT2D eigenvalue weighted by molar-refractivity contribution is 5.78. The second-order valence-corrected chi connectivity index (χ2v) is 9.78. The maximum absolute atomic E-state index is 13.7. The highest BCUT2D eigenvalue weighted by Gasteiger charge is 2.29. The molecule has 1 atom stereocenters. The molecule has 0 saturated carbocycles. The van der Waals surface area contributed by atoms with E-state index < -0.39 is 0 Å². The van der Waals surface area contributed by atoms with Crippen LogP contribution in [0.2, 0.25) is 0 Å². The van der Waals surface area contributed by atoms with Crippen molar-refractivity contribution in [3.05, 3.63) is 131 Å². The SMILES string of the molecule is CC=CC(=CC)C(c1ccc(F)cc1)N1CCN(C(=O)CN(Cc2ccccc2)Cc2ccccc2)CC1. The van der Waals surface area contributed by atoms with Gasteiger partial charge < -0.3 is 4.90 Å². The van der Waals surface area contributed by atoms with Crippen LogP contribution in [0.5, 0.6) is 0 Å². The molecule has 38 heavy (non-hydrogen) atoms. The third-order valence-electron chi connectivity index (χ3n) is 7.08. The summed E-state index contributed by atoms with van der Waals surface area (Å²) in [7, 11) is 0. The smallest absolute Gasteiger partial charge is 0.236 e. The van der Waals surface area contributed by atoms with Crippen molar-refractivity contribution < 1.29 is 9.18 Å². The monoisotopic (exact) mass is 511 g/mol. The zero-order valence-corrected chi connectivity index (χ0v) is 22.5. The fourth-order valence-corrected chi connectivity index (χ4v) is 5.17. The Kier molecular flexibility index (Phi) is 10.0. The van der Waals surface area contributed by atoms with Gasteiger partial charge in [0.25, 0.3) is 0 Å². The summed E-state index contributed by atoms with van der Waals surface area (Å²) in [5.41, 5.74) is 4.64. The van der Waals surface area contributed by atoms with Crippen molar-refractivity contribution in [2.24, 2.45) is 0 Å². The van der Waals surface area contributed by atoms with Crippen LogP contribution >= 0.6 is 0 Å². The van der Waals surface area contributed by atoms with E-state index in [0.29, 0.717) is 19.6 Å². The van der Waals surface area contributed by atoms with E-state index in [1.807, 2.05) is 73.4 Å². The summed E-state index contributed by atoms with van der Waals surface area (Å²) >= 11 is 0. The van der Waals surface area contributed by atoms with Crippen molar-refractivity contribution in [3.63, 3.8) is 0 Å². The minimum atomic E-state index is -0.230. The Balaban J connectivity index is 1.43. The van der Waals surface area contributed by atoms with Gasteiger partial charge in [0, 0.05) is 39.3 Å². The molecule has 1 unspecified atom stereocenters. The molecule has 1 fully saturated rings. The molecule has 0 bridgehead atoms. The molecular weight excluding hydrogens is 473 g/mol. The van der Waals surface area contributed by atoms with E-state index in [0.717, 1.165) is 31.7 Å². The Morgan fingerprint density at radius 1 is 0.842 bits per heavy atom. The summed E-state index contributed by atoms with van der Waals surface area (Å²) in [6.45, 7) is 8.76. The highest BCUT2D eigenvalue weighted by Crippen LogP contribution is 2.31. The number of allylic oxidation sites excluding steroid dienone is 2. The molecule has 4 nitrogen and oxygen atoms in total. The zero-order valence-electron chi connectivity index (χ0n) is 22.5. The van der Waals surface area contributed by atoms with Crippen LogP contribution in [-0.4, -0.2) is 53.3 Å². The Labute approximate surface area is 226 Å². The maximum Gasteiger partial charge on any atom is 0.236 e. The Morgan fingerprint density at radius 3 is 1.89 bits per heavy atom. The lowest BCUT2D eigenvalue weighted by Gasteiger charge is -2.40. The normalized spacial score (nSPS) is 15.8. The van der Waals surface area contributed by atoms with Crippen molar-refractivity contribution in [1.82, 2.24) is 14.7 Å². The molecule has 198 valence electrons. The van der Waals surface area contributed by atoms with Gasteiger partial charge in [0.1, 0.15) is 5.82 Å². The molecule has 0 N–H and O–H groups in total. The van der Waals surface area contributed by atoms with Crippen LogP contribution in [0.4, 0.5) is 4.39 Å². The van der Waals surface area contributed by atoms with Gasteiger partial charge in [-0.05, 0) is 48.2 Å². The van der Waals surface area contributed by atoms with E-state index in [2.05, 4.69) is 46.2 Å². The summed E-state index contributed by atoms with van der Waals surface area (Å²) in [4.78, 5) is 20.1. The Bertz CT molecular complexity index is 1160. The van der Waals surface area contributed by atoms with Gasteiger partial charge in [-0.15, -0.1) is 0 Å². The molecular formula is C33H38FN3O. The third-order valence-corrected chi connectivity index (χ3v) is 7.08. The lowest BCUT2D eigenvalue weighted by atomic mass is 9.95. The van der Waals surface area contributed by atoms with Gasteiger partial charge in [0.05, 0.1) is 12.6 Å². The van der Waals surface area contributed by atoms with Gasteiger partial charge in [-0.2, -0.15) is 0 Å². The number of carbonyl (C=O) groups is 1. The van der Waals surface area contributed by atoms with Crippen LogP contribution in [0.25, 0.3) is 0 Å². The molecule has 1 amide bonds. The first-order chi connectivity index (χ1) is 18.6. The average molecular weight is 512 g/mol. The van der Waals surface area contributed by atoms with Gasteiger partial charge >= 0.3 is 0 Å². The first-order valence-corrected chi connectivity index (χ1v) is 13.4. The number of halogens is 1. The number of benzene rings is 3. The topological polar surface area (TPSA) is 26.8 Å². The van der Waals surface area contributed by atoms with Crippen LogP contribution in [0.3, 0.4) is 0 Å². The number of amides is 1. The molecule has 5 heteroatoms. The van der Waals surface area contributed by atoms with E-state index in [1.165, 1.54) is 28.8 Å². The van der Waals surface area contributed by atoms with E-state index in [-0.39, 0.29) is 17.8 Å². The van der Waals surface area contributed by atoms with Crippen molar-refractivity contribution in [3.8, 4) is 0 Å². The third kappa shape index (κ3) is 7.50. The van der Waals surface area contributed by atoms with E-state index in [1.54, 1.807) is 0 Å². The van der Waals surface area contributed by atoms with Gasteiger partial charge in [0.15, 0.2) is 0 Å². The molecule has 4 rings (SSSR count). The van der Waals surface area contributed by atoms with Gasteiger partial charge in [-0.3, -0.25) is 14.6 Å². The number of rotatable bonds is 10. The summed E-state index contributed by atoms with van der Waals surface area (Å²) in [5, 5.41) is 0. The van der Waals surface area contributed by atoms with Crippen LogP contribution in [0.15, 0.2) is 109 Å². The molecule has 1 heterocycles. The van der Waals surface area contributed by atoms with Crippen LogP contribution in [-0.2, 0) is 17.9 Å². The molecule has 0 spiro atoms. The molecule has 1 aliphatic heterocycles. The number of hydrogen-bond donors (Lipinski definition) is 0. The highest BCUT2D eigenvalue weighted by atomic mass is 19.1. The average Bonchev–Trinajstić information content (AvgIpc) is 2.95. The maximum atomic E-state index is 13.7. The number of nitrogens with zero attached hydrogens (tertiary/aromatic N) is 3. The van der Waals surface area contributed by atoms with Gasteiger partial charge in [0.2, 0.25) is 5.91 Å².